The second kappa shape index (κ2) is 7.42. The number of carbonyl (C=O) groups excluding carboxylic acids is 1. The summed E-state index contributed by atoms with van der Waals surface area (Å²) in [6.07, 6.45) is 2.85. The number of hydrogen-bond donors (Lipinski definition) is 1. The predicted octanol–water partition coefficient (Wildman–Crippen LogP) is 4.33. The Bertz CT molecular complexity index is 1050. The van der Waals surface area contributed by atoms with E-state index >= 15 is 0 Å². The van der Waals surface area contributed by atoms with Crippen molar-refractivity contribution in [1.29, 1.82) is 0 Å². The van der Waals surface area contributed by atoms with Gasteiger partial charge in [0.1, 0.15) is 0 Å². The summed E-state index contributed by atoms with van der Waals surface area (Å²) in [5.41, 5.74) is 0.482. The van der Waals surface area contributed by atoms with Crippen LogP contribution in [0.25, 0.3) is 10.1 Å². The van der Waals surface area contributed by atoms with E-state index in [1.165, 1.54) is 21.7 Å². The van der Waals surface area contributed by atoms with Crippen molar-refractivity contribution in [3.05, 3.63) is 59.5 Å². The Kier molecular flexibility index (Phi) is 4.99. The molecule has 0 saturated carbocycles. The van der Waals surface area contributed by atoms with Crippen molar-refractivity contribution in [2.45, 2.75) is 24.2 Å². The van der Waals surface area contributed by atoms with E-state index in [1.54, 1.807) is 18.2 Å². The Balaban J connectivity index is 1.56. The standard InChI is InChI=1S/C20H20N2O3S2/c23-20(19-13-15-7-2-3-10-18(15)26-19)21-16-8-6-9-17(14-16)27(24,25)22-11-4-1-5-12-22/h2-3,6-10,13-14H,1,4-5,11-12H2,(H,21,23). The SMILES string of the molecule is O=C(Nc1cccc(S(=O)(=O)N2CCCCC2)c1)c1cc2ccccc2s1. The first-order chi connectivity index (χ1) is 13.0. The molecule has 2 aromatic carbocycles. The second-order valence-electron chi connectivity index (χ2n) is 6.60. The fourth-order valence-corrected chi connectivity index (χ4v) is 5.80. The highest BCUT2D eigenvalue weighted by molar-refractivity contribution is 7.89. The summed E-state index contributed by atoms with van der Waals surface area (Å²) >= 11 is 1.42. The van der Waals surface area contributed by atoms with Gasteiger partial charge in [-0.05, 0) is 48.6 Å². The number of thiophene rings is 1. The Morgan fingerprint density at radius 1 is 0.963 bits per heavy atom. The fraction of sp³-hybridized carbons (Fsp3) is 0.250. The molecule has 0 unspecified atom stereocenters. The molecule has 1 aromatic heterocycles. The van der Waals surface area contributed by atoms with E-state index in [1.807, 2.05) is 30.3 Å². The highest BCUT2D eigenvalue weighted by Crippen LogP contribution is 2.27. The van der Waals surface area contributed by atoms with Crippen molar-refractivity contribution in [3.8, 4) is 0 Å². The van der Waals surface area contributed by atoms with E-state index in [0.717, 1.165) is 29.3 Å². The predicted molar refractivity (Wildman–Crippen MR) is 109 cm³/mol. The molecule has 0 radical (unpaired) electrons. The summed E-state index contributed by atoms with van der Waals surface area (Å²) in [4.78, 5) is 13.4. The maximum Gasteiger partial charge on any atom is 0.265 e. The average molecular weight is 401 g/mol. The number of rotatable bonds is 4. The highest BCUT2D eigenvalue weighted by Gasteiger charge is 2.26. The topological polar surface area (TPSA) is 66.5 Å². The van der Waals surface area contributed by atoms with Crippen LogP contribution in [0, 0.1) is 0 Å². The monoisotopic (exact) mass is 400 g/mol. The van der Waals surface area contributed by atoms with Gasteiger partial charge in [-0.3, -0.25) is 4.79 Å². The van der Waals surface area contributed by atoms with Crippen LogP contribution in [-0.4, -0.2) is 31.7 Å². The third kappa shape index (κ3) is 3.76. The molecular weight excluding hydrogens is 380 g/mol. The highest BCUT2D eigenvalue weighted by atomic mass is 32.2. The molecule has 1 amide bonds. The smallest absolute Gasteiger partial charge is 0.265 e. The van der Waals surface area contributed by atoms with E-state index < -0.39 is 10.0 Å². The molecule has 7 heteroatoms. The lowest BCUT2D eigenvalue weighted by molar-refractivity contribution is 0.103. The van der Waals surface area contributed by atoms with Gasteiger partial charge in [-0.1, -0.05) is 30.7 Å². The van der Waals surface area contributed by atoms with Crippen molar-refractivity contribution >= 4 is 43.0 Å². The van der Waals surface area contributed by atoms with Crippen LogP contribution < -0.4 is 5.32 Å². The minimum absolute atomic E-state index is 0.221. The lowest BCUT2D eigenvalue weighted by Gasteiger charge is -2.26. The molecule has 1 fully saturated rings. The number of anilines is 1. The molecule has 0 atom stereocenters. The molecule has 3 aromatic rings. The van der Waals surface area contributed by atoms with Crippen LogP contribution in [0.1, 0.15) is 28.9 Å². The lowest BCUT2D eigenvalue weighted by atomic mass is 10.2. The number of nitrogens with zero attached hydrogens (tertiary/aromatic N) is 1. The molecule has 0 bridgehead atoms. The molecular formula is C20H20N2O3S2. The van der Waals surface area contributed by atoms with Crippen LogP contribution in [0.2, 0.25) is 0 Å². The van der Waals surface area contributed by atoms with Crippen LogP contribution in [0.5, 0.6) is 0 Å². The number of sulfonamides is 1. The van der Waals surface area contributed by atoms with Crippen molar-refractivity contribution in [2.75, 3.05) is 18.4 Å². The Morgan fingerprint density at radius 2 is 1.74 bits per heavy atom. The average Bonchev–Trinajstić information content (AvgIpc) is 3.13. The number of amides is 1. The largest absolute Gasteiger partial charge is 0.321 e. The number of carbonyl (C=O) groups is 1. The van der Waals surface area contributed by atoms with E-state index in [4.69, 9.17) is 0 Å². The van der Waals surface area contributed by atoms with Gasteiger partial charge in [-0.15, -0.1) is 11.3 Å². The van der Waals surface area contributed by atoms with Crippen molar-refractivity contribution in [2.24, 2.45) is 0 Å². The van der Waals surface area contributed by atoms with Crippen molar-refractivity contribution in [3.63, 3.8) is 0 Å². The van der Waals surface area contributed by atoms with Crippen LogP contribution >= 0.6 is 11.3 Å². The van der Waals surface area contributed by atoms with Crippen molar-refractivity contribution < 1.29 is 13.2 Å². The Labute approximate surface area is 162 Å². The number of benzene rings is 2. The molecule has 0 aliphatic carbocycles. The quantitative estimate of drug-likeness (QED) is 0.709. The first-order valence-corrected chi connectivity index (χ1v) is 11.2. The van der Waals surface area contributed by atoms with Gasteiger partial charge in [0.25, 0.3) is 5.91 Å². The van der Waals surface area contributed by atoms with E-state index in [9.17, 15) is 13.2 Å². The second-order valence-corrected chi connectivity index (χ2v) is 9.62. The minimum Gasteiger partial charge on any atom is -0.321 e. The van der Waals surface area contributed by atoms with Gasteiger partial charge in [0.05, 0.1) is 9.77 Å². The molecule has 1 aliphatic heterocycles. The maximum absolute atomic E-state index is 12.8. The summed E-state index contributed by atoms with van der Waals surface area (Å²) in [7, 11) is -3.52. The molecule has 0 spiro atoms. The van der Waals surface area contributed by atoms with Gasteiger partial charge < -0.3 is 5.32 Å². The zero-order chi connectivity index (χ0) is 18.9. The van der Waals surface area contributed by atoms with E-state index in [2.05, 4.69) is 5.32 Å². The number of nitrogens with one attached hydrogen (secondary N) is 1. The van der Waals surface area contributed by atoms with Gasteiger partial charge in [0, 0.05) is 23.5 Å². The molecule has 1 aliphatic rings. The van der Waals surface area contributed by atoms with E-state index in [-0.39, 0.29) is 10.8 Å². The number of fused-ring (bicyclic) bond motifs is 1. The number of hydrogen-bond acceptors (Lipinski definition) is 4. The van der Waals surface area contributed by atoms with Crippen molar-refractivity contribution in [1.82, 2.24) is 4.31 Å². The minimum atomic E-state index is -3.52. The van der Waals surface area contributed by atoms with Crippen LogP contribution in [0.15, 0.2) is 59.5 Å². The van der Waals surface area contributed by atoms with Gasteiger partial charge in [-0.25, -0.2) is 8.42 Å². The first kappa shape index (κ1) is 18.2. The molecule has 5 nitrogen and oxygen atoms in total. The molecule has 27 heavy (non-hydrogen) atoms. The Hall–Kier alpha value is -2.22. The fourth-order valence-electron chi connectivity index (χ4n) is 3.28. The molecule has 2 heterocycles. The zero-order valence-electron chi connectivity index (χ0n) is 14.7. The van der Waals surface area contributed by atoms with Crippen LogP contribution in [-0.2, 0) is 10.0 Å². The van der Waals surface area contributed by atoms with Gasteiger partial charge in [-0.2, -0.15) is 4.31 Å². The third-order valence-electron chi connectivity index (χ3n) is 4.69. The van der Waals surface area contributed by atoms with Crippen LogP contribution in [0.4, 0.5) is 5.69 Å². The summed E-state index contributed by atoms with van der Waals surface area (Å²) in [6.45, 7) is 1.11. The van der Waals surface area contributed by atoms with Gasteiger partial charge >= 0.3 is 0 Å². The normalized spacial score (nSPS) is 15.7. The summed E-state index contributed by atoms with van der Waals surface area (Å²) in [5.74, 6) is -0.233. The van der Waals surface area contributed by atoms with Gasteiger partial charge in [0.15, 0.2) is 0 Å². The summed E-state index contributed by atoms with van der Waals surface area (Å²) in [6, 6.07) is 16.2. The lowest BCUT2D eigenvalue weighted by Crippen LogP contribution is -2.35. The van der Waals surface area contributed by atoms with E-state index in [0.29, 0.717) is 23.7 Å². The summed E-state index contributed by atoms with van der Waals surface area (Å²) in [5, 5.41) is 3.85. The molecule has 4 rings (SSSR count). The first-order valence-electron chi connectivity index (χ1n) is 8.94. The molecule has 1 N–H and O–H groups in total. The molecule has 140 valence electrons. The third-order valence-corrected chi connectivity index (χ3v) is 7.70. The number of piperidine rings is 1. The summed E-state index contributed by atoms with van der Waals surface area (Å²) < 4.78 is 28.2. The molecule has 1 saturated heterocycles. The van der Waals surface area contributed by atoms with Crippen LogP contribution in [0.3, 0.4) is 0 Å². The zero-order valence-corrected chi connectivity index (χ0v) is 16.4. The Morgan fingerprint density at radius 3 is 2.52 bits per heavy atom. The maximum atomic E-state index is 12.8. The van der Waals surface area contributed by atoms with Gasteiger partial charge in [0.2, 0.25) is 10.0 Å².